The van der Waals surface area contributed by atoms with Crippen LogP contribution in [0.2, 0.25) is 0 Å². The van der Waals surface area contributed by atoms with Gasteiger partial charge in [-0.3, -0.25) is 14.9 Å². The molecule has 176 valence electrons. The van der Waals surface area contributed by atoms with Crippen molar-refractivity contribution in [3.8, 4) is 16.9 Å². The second kappa shape index (κ2) is 10.1. The normalized spacial score (nSPS) is 10.8. The number of benzene rings is 4. The summed E-state index contributed by atoms with van der Waals surface area (Å²) in [6, 6.07) is 36.4. The first kappa shape index (κ1) is 22.7. The molecule has 1 heterocycles. The van der Waals surface area contributed by atoms with Gasteiger partial charge in [0.15, 0.2) is 0 Å². The zero-order valence-corrected chi connectivity index (χ0v) is 19.2. The third-order valence-corrected chi connectivity index (χ3v) is 5.86. The summed E-state index contributed by atoms with van der Waals surface area (Å²) in [4.78, 5) is 24.4. The van der Waals surface area contributed by atoms with Crippen LogP contribution in [0.5, 0.6) is 0 Å². The molecule has 1 aromatic heterocycles. The molecule has 1 N–H and O–H groups in total. The molecule has 0 aliphatic rings. The predicted octanol–water partition coefficient (Wildman–Crippen LogP) is 5.97. The van der Waals surface area contributed by atoms with E-state index < -0.39 is 4.92 Å². The molecule has 5 rings (SSSR count). The maximum Gasteiger partial charge on any atom is 0.270 e. The smallest absolute Gasteiger partial charge is 0.270 e. The summed E-state index contributed by atoms with van der Waals surface area (Å²) in [5.41, 5.74) is 4.20. The average molecular weight is 475 g/mol. The molecule has 36 heavy (non-hydrogen) atoms. The van der Waals surface area contributed by atoms with Crippen LogP contribution >= 0.6 is 0 Å². The monoisotopic (exact) mass is 474 g/mol. The van der Waals surface area contributed by atoms with Gasteiger partial charge in [-0.1, -0.05) is 91.0 Å². The maximum absolute atomic E-state index is 13.7. The van der Waals surface area contributed by atoms with Gasteiger partial charge >= 0.3 is 0 Å². The maximum atomic E-state index is 13.7. The highest BCUT2D eigenvalue weighted by molar-refractivity contribution is 5.95. The number of nitro benzene ring substituents is 1. The van der Waals surface area contributed by atoms with Gasteiger partial charge in [-0.25, -0.2) is 4.68 Å². The van der Waals surface area contributed by atoms with Gasteiger partial charge in [0.1, 0.15) is 5.69 Å². The Hall–Kier alpha value is -5.04. The van der Waals surface area contributed by atoms with Crippen molar-refractivity contribution in [1.29, 1.82) is 0 Å². The molecule has 1 amide bonds. The predicted molar refractivity (Wildman–Crippen MR) is 138 cm³/mol. The second-order valence-corrected chi connectivity index (χ2v) is 8.19. The Labute approximate surface area is 207 Å². The minimum absolute atomic E-state index is 0.0339. The second-order valence-electron chi connectivity index (χ2n) is 8.19. The van der Waals surface area contributed by atoms with Crippen molar-refractivity contribution in [3.63, 3.8) is 0 Å². The topological polar surface area (TPSA) is 90.1 Å². The first-order chi connectivity index (χ1) is 17.6. The van der Waals surface area contributed by atoms with Crippen molar-refractivity contribution in [2.24, 2.45) is 0 Å². The number of rotatable bonds is 7. The van der Waals surface area contributed by atoms with Crippen molar-refractivity contribution < 1.29 is 9.72 Å². The van der Waals surface area contributed by atoms with Crippen LogP contribution < -0.4 is 5.32 Å². The minimum Gasteiger partial charge on any atom is -0.340 e. The number of hydrogen-bond acceptors (Lipinski definition) is 4. The summed E-state index contributed by atoms with van der Waals surface area (Å²) >= 11 is 0. The van der Waals surface area contributed by atoms with E-state index in [9.17, 15) is 14.9 Å². The summed E-state index contributed by atoms with van der Waals surface area (Å²) in [5, 5.41) is 19.0. The van der Waals surface area contributed by atoms with Crippen LogP contribution in [-0.2, 0) is 0 Å². The van der Waals surface area contributed by atoms with Crippen LogP contribution in [0.3, 0.4) is 0 Å². The van der Waals surface area contributed by atoms with Gasteiger partial charge in [0.25, 0.3) is 11.6 Å². The van der Waals surface area contributed by atoms with Crippen molar-refractivity contribution in [2.75, 3.05) is 0 Å². The molecule has 0 aliphatic carbocycles. The molecular weight excluding hydrogens is 452 g/mol. The first-order valence-corrected chi connectivity index (χ1v) is 11.4. The third-order valence-electron chi connectivity index (χ3n) is 5.86. The molecule has 0 fully saturated rings. The lowest BCUT2D eigenvalue weighted by Gasteiger charge is -2.20. The highest BCUT2D eigenvalue weighted by Gasteiger charge is 2.23. The Morgan fingerprint density at radius 2 is 1.31 bits per heavy atom. The average Bonchev–Trinajstić information content (AvgIpc) is 3.39. The van der Waals surface area contributed by atoms with E-state index in [4.69, 9.17) is 0 Å². The van der Waals surface area contributed by atoms with Gasteiger partial charge in [-0.2, -0.15) is 5.10 Å². The summed E-state index contributed by atoms with van der Waals surface area (Å²) in [6.07, 6.45) is 0. The molecule has 7 heteroatoms. The Kier molecular flexibility index (Phi) is 6.36. The fraction of sp³-hybridized carbons (Fsp3) is 0.0345. The standard InChI is InChI=1S/C29H22N4O3/c34-29(30-28(22-12-6-2-7-13-22)23-14-8-3-9-15-23)27-20-26(21-10-4-1-5-11-21)31-32(27)24-16-18-25(19-17-24)33(35)36/h1-20,28H,(H,30,34). The molecule has 7 nitrogen and oxygen atoms in total. The lowest BCUT2D eigenvalue weighted by atomic mass is 9.98. The van der Waals surface area contributed by atoms with Crippen molar-refractivity contribution >= 4 is 11.6 Å². The van der Waals surface area contributed by atoms with Gasteiger partial charge in [0.05, 0.1) is 22.3 Å². The Morgan fingerprint density at radius 1 is 0.778 bits per heavy atom. The quantitative estimate of drug-likeness (QED) is 0.233. The van der Waals surface area contributed by atoms with Gasteiger partial charge in [0, 0.05) is 17.7 Å². The van der Waals surface area contributed by atoms with Crippen molar-refractivity contribution in [3.05, 3.63) is 148 Å². The Morgan fingerprint density at radius 3 is 1.83 bits per heavy atom. The lowest BCUT2D eigenvalue weighted by molar-refractivity contribution is -0.384. The molecule has 0 unspecified atom stereocenters. The molecule has 0 saturated heterocycles. The number of amides is 1. The molecule has 0 saturated carbocycles. The molecule has 0 aliphatic heterocycles. The number of nitro groups is 1. The van der Waals surface area contributed by atoms with Gasteiger partial charge < -0.3 is 5.32 Å². The molecule has 0 radical (unpaired) electrons. The van der Waals surface area contributed by atoms with Gasteiger partial charge in [-0.05, 0) is 29.3 Å². The van der Waals surface area contributed by atoms with Crippen molar-refractivity contribution in [1.82, 2.24) is 15.1 Å². The first-order valence-electron chi connectivity index (χ1n) is 11.4. The van der Waals surface area contributed by atoms with Crippen LogP contribution in [-0.4, -0.2) is 20.6 Å². The highest BCUT2D eigenvalue weighted by atomic mass is 16.6. The highest BCUT2D eigenvalue weighted by Crippen LogP contribution is 2.26. The van der Waals surface area contributed by atoms with E-state index in [1.165, 1.54) is 16.8 Å². The van der Waals surface area contributed by atoms with E-state index >= 15 is 0 Å². The Balaban J connectivity index is 1.57. The number of non-ortho nitro benzene ring substituents is 1. The fourth-order valence-electron chi connectivity index (χ4n) is 4.06. The van der Waals surface area contributed by atoms with E-state index in [1.807, 2.05) is 91.0 Å². The minimum atomic E-state index is -0.458. The summed E-state index contributed by atoms with van der Waals surface area (Å²) < 4.78 is 1.52. The number of nitrogens with one attached hydrogen (secondary N) is 1. The zero-order chi connectivity index (χ0) is 24.9. The van der Waals surface area contributed by atoms with Crippen LogP contribution in [0.15, 0.2) is 121 Å². The SMILES string of the molecule is O=C(NC(c1ccccc1)c1ccccc1)c1cc(-c2ccccc2)nn1-c1ccc([N+](=O)[O-])cc1. The summed E-state index contributed by atoms with van der Waals surface area (Å²) in [7, 11) is 0. The number of carbonyl (C=O) groups is 1. The van der Waals surface area contributed by atoms with Crippen molar-refractivity contribution in [2.45, 2.75) is 6.04 Å². The number of carbonyl (C=O) groups excluding carboxylic acids is 1. The van der Waals surface area contributed by atoms with Crippen LogP contribution in [0.4, 0.5) is 5.69 Å². The lowest BCUT2D eigenvalue weighted by Crippen LogP contribution is -2.31. The molecular formula is C29H22N4O3. The van der Waals surface area contributed by atoms with Crippen LogP contribution in [0.1, 0.15) is 27.7 Å². The van der Waals surface area contributed by atoms with E-state index in [2.05, 4.69) is 10.4 Å². The third kappa shape index (κ3) is 4.76. The summed E-state index contributed by atoms with van der Waals surface area (Å²) in [5.74, 6) is -0.319. The largest absolute Gasteiger partial charge is 0.340 e. The van der Waals surface area contributed by atoms with Crippen LogP contribution in [0, 0.1) is 10.1 Å². The zero-order valence-electron chi connectivity index (χ0n) is 19.2. The van der Waals surface area contributed by atoms with Gasteiger partial charge in [-0.15, -0.1) is 0 Å². The molecule has 0 atom stereocenters. The van der Waals surface area contributed by atoms with Gasteiger partial charge in [0.2, 0.25) is 0 Å². The van der Waals surface area contributed by atoms with E-state index in [0.29, 0.717) is 17.1 Å². The van der Waals surface area contributed by atoms with E-state index in [1.54, 1.807) is 18.2 Å². The molecule has 0 spiro atoms. The molecule has 0 bridgehead atoms. The van der Waals surface area contributed by atoms with Crippen LogP contribution in [0.25, 0.3) is 16.9 Å². The summed E-state index contributed by atoms with van der Waals surface area (Å²) in [6.45, 7) is 0. The number of hydrogen-bond donors (Lipinski definition) is 1. The van der Waals surface area contributed by atoms with E-state index in [0.717, 1.165) is 16.7 Å². The number of nitrogens with zero attached hydrogens (tertiary/aromatic N) is 3. The molecule has 5 aromatic rings. The number of aromatic nitrogens is 2. The Bertz CT molecular complexity index is 1440. The fourth-order valence-corrected chi connectivity index (χ4v) is 4.06. The van der Waals surface area contributed by atoms with E-state index in [-0.39, 0.29) is 17.6 Å². The molecule has 4 aromatic carbocycles.